The van der Waals surface area contributed by atoms with Crippen molar-refractivity contribution in [1.29, 1.82) is 0 Å². The lowest BCUT2D eigenvalue weighted by Crippen LogP contribution is -3.27. The lowest BCUT2D eigenvalue weighted by Gasteiger charge is -2.29. The fourth-order valence-corrected chi connectivity index (χ4v) is 4.88. The van der Waals surface area contributed by atoms with Crippen molar-refractivity contribution in [1.82, 2.24) is 9.97 Å². The quantitative estimate of drug-likeness (QED) is 0.544. The lowest BCUT2D eigenvalue weighted by molar-refractivity contribution is -1.02. The molecule has 4 rings (SSSR count). The van der Waals surface area contributed by atoms with Crippen LogP contribution in [0.5, 0.6) is 5.75 Å². The zero-order valence-electron chi connectivity index (χ0n) is 16.5. The molecule has 1 aliphatic heterocycles. The number of hydrogen-bond acceptors (Lipinski definition) is 4. The van der Waals surface area contributed by atoms with Gasteiger partial charge in [-0.25, -0.2) is 4.98 Å². The van der Waals surface area contributed by atoms with E-state index in [0.29, 0.717) is 0 Å². The average molecular weight is 401 g/mol. The van der Waals surface area contributed by atoms with Crippen LogP contribution >= 0.6 is 11.3 Å². The van der Waals surface area contributed by atoms with Gasteiger partial charge in [-0.1, -0.05) is 18.2 Å². The number of fused-ring (bicyclic) bond motifs is 1. The van der Waals surface area contributed by atoms with E-state index in [4.69, 9.17) is 9.72 Å². The fraction of sp³-hybridized carbons (Fsp3) is 0.429. The van der Waals surface area contributed by atoms with Crippen molar-refractivity contribution in [2.75, 3.05) is 39.3 Å². The van der Waals surface area contributed by atoms with E-state index in [0.717, 1.165) is 73.2 Å². The van der Waals surface area contributed by atoms with Gasteiger partial charge in [0.15, 0.2) is 5.82 Å². The molecule has 2 aromatic heterocycles. The molecule has 0 unspecified atom stereocenters. The summed E-state index contributed by atoms with van der Waals surface area (Å²) < 4.78 is 5.82. The van der Waals surface area contributed by atoms with Gasteiger partial charge in [0.1, 0.15) is 56.5 Å². The highest BCUT2D eigenvalue weighted by Crippen LogP contribution is 2.25. The van der Waals surface area contributed by atoms with E-state index in [-0.39, 0.29) is 5.56 Å². The van der Waals surface area contributed by atoms with Crippen LogP contribution in [-0.2, 0) is 6.54 Å². The Hall–Kier alpha value is -2.22. The number of thiophene rings is 1. The molecule has 6 nitrogen and oxygen atoms in total. The number of quaternary nitrogens is 2. The number of H-pyrrole nitrogens is 1. The van der Waals surface area contributed by atoms with Gasteiger partial charge in [-0.05, 0) is 31.5 Å². The maximum absolute atomic E-state index is 12.4. The maximum Gasteiger partial charge on any atom is 0.260 e. The standard InChI is InChI=1S/C21H26N4O2S/c1-15-16(2)28-21-19(15)20(26)22-18(23-21)14-25-10-8-24(9-11-25)12-13-27-17-6-4-3-5-7-17/h3-7H,8-14H2,1-2H3,(H,22,23,26)/p+2. The molecule has 1 fully saturated rings. The first kappa shape index (κ1) is 19.1. The predicted octanol–water partition coefficient (Wildman–Crippen LogP) is -0.0362. The summed E-state index contributed by atoms with van der Waals surface area (Å²) in [6, 6.07) is 10.00. The summed E-state index contributed by atoms with van der Waals surface area (Å²) in [6.45, 7) is 11.0. The number of nitrogens with zero attached hydrogens (tertiary/aromatic N) is 1. The van der Waals surface area contributed by atoms with E-state index in [9.17, 15) is 4.79 Å². The molecule has 28 heavy (non-hydrogen) atoms. The second-order valence-corrected chi connectivity index (χ2v) is 8.77. The average Bonchev–Trinajstić information content (AvgIpc) is 2.98. The van der Waals surface area contributed by atoms with Crippen LogP contribution in [0.25, 0.3) is 10.2 Å². The largest absolute Gasteiger partial charge is 0.488 e. The minimum atomic E-state index is 0.00331. The lowest BCUT2D eigenvalue weighted by atomic mass is 10.2. The Morgan fingerprint density at radius 1 is 1.11 bits per heavy atom. The van der Waals surface area contributed by atoms with Gasteiger partial charge >= 0.3 is 0 Å². The predicted molar refractivity (Wildman–Crippen MR) is 112 cm³/mol. The summed E-state index contributed by atoms with van der Waals surface area (Å²) in [4.78, 5) is 25.3. The van der Waals surface area contributed by atoms with Gasteiger partial charge in [-0.3, -0.25) is 4.79 Å². The first-order valence-electron chi connectivity index (χ1n) is 9.94. The summed E-state index contributed by atoms with van der Waals surface area (Å²) in [6.07, 6.45) is 0. The Labute approximate surface area is 168 Å². The van der Waals surface area contributed by atoms with Crippen molar-refractivity contribution < 1.29 is 14.5 Å². The van der Waals surface area contributed by atoms with Crippen LogP contribution in [-0.4, -0.2) is 49.3 Å². The SMILES string of the molecule is Cc1sc2nc(C[NH+]3CC[NH+](CCOc4ccccc4)CC3)[nH]c(=O)c2c1C. The van der Waals surface area contributed by atoms with Gasteiger partial charge in [0.2, 0.25) is 0 Å². The summed E-state index contributed by atoms with van der Waals surface area (Å²) >= 11 is 1.62. The Balaban J connectivity index is 1.28. The molecule has 0 bridgehead atoms. The van der Waals surface area contributed by atoms with Crippen LogP contribution in [0.15, 0.2) is 35.1 Å². The number of nitrogens with one attached hydrogen (secondary N) is 3. The number of hydrogen-bond donors (Lipinski definition) is 3. The summed E-state index contributed by atoms with van der Waals surface area (Å²) in [7, 11) is 0. The number of para-hydroxylation sites is 1. The van der Waals surface area contributed by atoms with Gasteiger partial charge in [0, 0.05) is 4.88 Å². The van der Waals surface area contributed by atoms with E-state index in [1.807, 2.05) is 37.3 Å². The fourth-order valence-electron chi connectivity index (χ4n) is 3.83. The molecule has 0 saturated carbocycles. The van der Waals surface area contributed by atoms with Crippen LogP contribution in [0.3, 0.4) is 0 Å². The molecule has 0 aliphatic carbocycles. The van der Waals surface area contributed by atoms with Crippen molar-refractivity contribution in [3.8, 4) is 5.75 Å². The number of ether oxygens (including phenoxy) is 1. The highest BCUT2D eigenvalue weighted by molar-refractivity contribution is 7.18. The summed E-state index contributed by atoms with van der Waals surface area (Å²) in [5, 5.41) is 0.758. The van der Waals surface area contributed by atoms with E-state index < -0.39 is 0 Å². The third-order valence-corrected chi connectivity index (χ3v) is 6.74. The topological polar surface area (TPSA) is 63.9 Å². The number of aryl methyl sites for hydroxylation is 2. The molecular formula is C21H28N4O2S+2. The minimum Gasteiger partial charge on any atom is -0.488 e. The van der Waals surface area contributed by atoms with Gasteiger partial charge in [0.25, 0.3) is 5.56 Å². The van der Waals surface area contributed by atoms with E-state index >= 15 is 0 Å². The van der Waals surface area contributed by atoms with Gasteiger partial charge in [0.05, 0.1) is 5.39 Å². The Bertz CT molecular complexity index is 991. The molecule has 148 valence electrons. The second kappa shape index (κ2) is 8.43. The maximum atomic E-state index is 12.4. The van der Waals surface area contributed by atoms with Crippen molar-refractivity contribution >= 4 is 21.6 Å². The molecule has 3 heterocycles. The molecule has 0 amide bonds. The van der Waals surface area contributed by atoms with Crippen molar-refractivity contribution in [3.63, 3.8) is 0 Å². The Morgan fingerprint density at radius 2 is 1.82 bits per heavy atom. The summed E-state index contributed by atoms with van der Waals surface area (Å²) in [5.74, 6) is 1.75. The van der Waals surface area contributed by atoms with E-state index in [1.165, 1.54) is 9.78 Å². The van der Waals surface area contributed by atoms with Crippen LogP contribution in [0, 0.1) is 13.8 Å². The molecule has 3 N–H and O–H groups in total. The van der Waals surface area contributed by atoms with E-state index in [1.54, 1.807) is 16.2 Å². The first-order chi connectivity index (χ1) is 13.6. The molecule has 1 aromatic carbocycles. The minimum absolute atomic E-state index is 0.00331. The number of aromatic amines is 1. The number of rotatable bonds is 6. The third-order valence-electron chi connectivity index (χ3n) is 5.64. The zero-order valence-corrected chi connectivity index (χ0v) is 17.3. The van der Waals surface area contributed by atoms with Crippen LogP contribution < -0.4 is 20.1 Å². The Kier molecular flexibility index (Phi) is 5.75. The van der Waals surface area contributed by atoms with Crippen molar-refractivity contribution in [2.24, 2.45) is 0 Å². The highest BCUT2D eigenvalue weighted by atomic mass is 32.1. The van der Waals surface area contributed by atoms with Crippen molar-refractivity contribution in [3.05, 3.63) is 57.0 Å². The third kappa shape index (κ3) is 4.27. The monoisotopic (exact) mass is 400 g/mol. The van der Waals surface area contributed by atoms with Crippen molar-refractivity contribution in [2.45, 2.75) is 20.4 Å². The second-order valence-electron chi connectivity index (χ2n) is 7.56. The molecule has 0 radical (unpaired) electrons. The molecule has 3 aromatic rings. The highest BCUT2D eigenvalue weighted by Gasteiger charge is 2.24. The summed E-state index contributed by atoms with van der Waals surface area (Å²) in [5.41, 5.74) is 1.06. The van der Waals surface area contributed by atoms with Gasteiger partial charge in [-0.15, -0.1) is 11.3 Å². The molecular weight excluding hydrogens is 372 g/mol. The number of piperazine rings is 1. The molecule has 0 spiro atoms. The molecule has 0 atom stereocenters. The van der Waals surface area contributed by atoms with Gasteiger partial charge < -0.3 is 19.5 Å². The normalized spacial score (nSPS) is 19.8. The van der Waals surface area contributed by atoms with Crippen LogP contribution in [0.2, 0.25) is 0 Å². The van der Waals surface area contributed by atoms with Gasteiger partial charge in [-0.2, -0.15) is 0 Å². The Morgan fingerprint density at radius 3 is 2.57 bits per heavy atom. The molecule has 1 aliphatic rings. The molecule has 1 saturated heterocycles. The zero-order chi connectivity index (χ0) is 19.5. The molecule has 7 heteroatoms. The first-order valence-corrected chi connectivity index (χ1v) is 10.8. The smallest absolute Gasteiger partial charge is 0.260 e. The van der Waals surface area contributed by atoms with E-state index in [2.05, 4.69) is 11.9 Å². The number of aromatic nitrogens is 2. The van der Waals surface area contributed by atoms with Crippen LogP contribution in [0.4, 0.5) is 0 Å². The number of benzene rings is 1. The van der Waals surface area contributed by atoms with Crippen LogP contribution in [0.1, 0.15) is 16.3 Å².